The Morgan fingerprint density at radius 2 is 2.08 bits per heavy atom. The van der Waals surface area contributed by atoms with Gasteiger partial charge >= 0.3 is 0 Å². The summed E-state index contributed by atoms with van der Waals surface area (Å²) in [5, 5.41) is 7.38. The Morgan fingerprint density at radius 3 is 2.92 bits per heavy atom. The molecule has 0 radical (unpaired) electrons. The van der Waals surface area contributed by atoms with Gasteiger partial charge in [0, 0.05) is 19.2 Å². The summed E-state index contributed by atoms with van der Waals surface area (Å²) in [6, 6.07) is 14.0. The Hall–Kier alpha value is -3.15. The molecule has 6 nitrogen and oxygen atoms in total. The zero-order chi connectivity index (χ0) is 17.4. The van der Waals surface area contributed by atoms with Crippen molar-refractivity contribution >= 4 is 34.3 Å². The van der Waals surface area contributed by atoms with Crippen LogP contribution in [0.4, 0.5) is 11.6 Å². The number of rotatable bonds is 3. The van der Waals surface area contributed by atoms with Gasteiger partial charge in [-0.3, -0.25) is 4.79 Å². The van der Waals surface area contributed by atoms with Gasteiger partial charge in [-0.2, -0.15) is 5.10 Å². The zero-order valence-electron chi connectivity index (χ0n) is 14.2. The van der Waals surface area contributed by atoms with Crippen LogP contribution in [0.2, 0.25) is 0 Å². The van der Waals surface area contributed by atoms with Crippen molar-refractivity contribution in [2.24, 2.45) is 12.1 Å². The van der Waals surface area contributed by atoms with Gasteiger partial charge in [0.15, 0.2) is 0 Å². The van der Waals surface area contributed by atoms with Crippen LogP contribution >= 0.6 is 0 Å². The molecule has 6 heteroatoms. The van der Waals surface area contributed by atoms with Gasteiger partial charge in [-0.1, -0.05) is 18.2 Å². The molecular formula is C19H19N5O. The van der Waals surface area contributed by atoms with Gasteiger partial charge in [-0.25, -0.2) is 10.4 Å². The number of nitrogens with zero attached hydrogens (tertiary/aromatic N) is 3. The van der Waals surface area contributed by atoms with Crippen LogP contribution < -0.4 is 10.7 Å². The van der Waals surface area contributed by atoms with Crippen LogP contribution in [0.3, 0.4) is 0 Å². The molecule has 1 aliphatic heterocycles. The number of imidazole rings is 1. The Kier molecular flexibility index (Phi) is 3.72. The van der Waals surface area contributed by atoms with Gasteiger partial charge in [-0.05, 0) is 48.7 Å². The fourth-order valence-electron chi connectivity index (χ4n) is 3.05. The molecule has 25 heavy (non-hydrogen) atoms. The van der Waals surface area contributed by atoms with Crippen LogP contribution in [-0.4, -0.2) is 21.2 Å². The number of hydrogen-bond donors (Lipinski definition) is 2. The van der Waals surface area contributed by atoms with Gasteiger partial charge in [-0.15, -0.1) is 0 Å². The summed E-state index contributed by atoms with van der Waals surface area (Å²) >= 11 is 0. The van der Waals surface area contributed by atoms with Gasteiger partial charge in [0.05, 0.1) is 16.7 Å². The van der Waals surface area contributed by atoms with Gasteiger partial charge in [0.1, 0.15) is 0 Å². The minimum atomic E-state index is 0.0779. The molecule has 1 aromatic heterocycles. The van der Waals surface area contributed by atoms with E-state index in [-0.39, 0.29) is 5.91 Å². The van der Waals surface area contributed by atoms with E-state index in [1.165, 1.54) is 0 Å². The highest BCUT2D eigenvalue weighted by Crippen LogP contribution is 2.24. The average Bonchev–Trinajstić information content (AvgIpc) is 2.95. The monoisotopic (exact) mass is 333 g/mol. The predicted molar refractivity (Wildman–Crippen MR) is 99.9 cm³/mol. The Labute approximate surface area is 145 Å². The number of nitrogens with one attached hydrogen (secondary N) is 2. The molecule has 3 aromatic rings. The van der Waals surface area contributed by atoms with Gasteiger partial charge in [0.25, 0.3) is 0 Å². The van der Waals surface area contributed by atoms with E-state index in [0.29, 0.717) is 12.4 Å². The molecular weight excluding hydrogens is 314 g/mol. The highest BCUT2D eigenvalue weighted by molar-refractivity contribution is 6.01. The minimum Gasteiger partial charge on any atom is -0.326 e. The first-order valence-corrected chi connectivity index (χ1v) is 8.27. The molecule has 0 saturated carbocycles. The fourth-order valence-corrected chi connectivity index (χ4v) is 3.05. The van der Waals surface area contributed by atoms with Crippen molar-refractivity contribution in [3.8, 4) is 0 Å². The largest absolute Gasteiger partial charge is 0.326 e. The van der Waals surface area contributed by atoms with E-state index in [4.69, 9.17) is 0 Å². The van der Waals surface area contributed by atoms with Gasteiger partial charge in [0.2, 0.25) is 11.9 Å². The summed E-state index contributed by atoms with van der Waals surface area (Å²) in [6.45, 7) is 1.96. The highest BCUT2D eigenvalue weighted by Gasteiger charge is 2.15. The van der Waals surface area contributed by atoms with Crippen molar-refractivity contribution < 1.29 is 4.79 Å². The first-order valence-electron chi connectivity index (χ1n) is 8.27. The molecule has 2 heterocycles. The van der Waals surface area contributed by atoms with Crippen LogP contribution in [0.5, 0.6) is 0 Å². The smallest absolute Gasteiger partial charge is 0.224 e. The minimum absolute atomic E-state index is 0.0779. The summed E-state index contributed by atoms with van der Waals surface area (Å²) in [5.41, 5.74) is 8.99. The van der Waals surface area contributed by atoms with Crippen LogP contribution in [0, 0.1) is 0 Å². The standard InChI is InChI=1S/C19H19N5O/c1-12(13-7-9-15-14(11-13)8-10-18(25)20-15)22-23-19-21-16-5-3-4-6-17(16)24(19)2/h3-7,9,11H,8,10H2,1-2H3,(H,20,25)(H,21,23). The van der Waals surface area contributed by atoms with Crippen LogP contribution in [0.15, 0.2) is 47.6 Å². The predicted octanol–water partition coefficient (Wildman–Crippen LogP) is 3.29. The summed E-state index contributed by atoms with van der Waals surface area (Å²) < 4.78 is 1.98. The number of amides is 1. The molecule has 0 aliphatic carbocycles. The lowest BCUT2D eigenvalue weighted by molar-refractivity contribution is -0.116. The normalized spacial score (nSPS) is 14.3. The summed E-state index contributed by atoms with van der Waals surface area (Å²) in [6.07, 6.45) is 1.30. The lowest BCUT2D eigenvalue weighted by atomic mass is 9.99. The second kappa shape index (κ2) is 6.05. The molecule has 2 aromatic carbocycles. The van der Waals surface area contributed by atoms with E-state index < -0.39 is 0 Å². The number of carbonyl (C=O) groups is 1. The molecule has 1 amide bonds. The van der Waals surface area contributed by atoms with Crippen molar-refractivity contribution in [2.45, 2.75) is 19.8 Å². The van der Waals surface area contributed by atoms with Crippen LogP contribution in [-0.2, 0) is 18.3 Å². The second-order valence-corrected chi connectivity index (χ2v) is 6.21. The number of hydrogen-bond acceptors (Lipinski definition) is 4. The van der Waals surface area contributed by atoms with Crippen LogP contribution in [0.25, 0.3) is 11.0 Å². The van der Waals surface area contributed by atoms with Crippen molar-refractivity contribution in [1.82, 2.24) is 9.55 Å². The lowest BCUT2D eigenvalue weighted by Crippen LogP contribution is -2.19. The number of carbonyl (C=O) groups excluding carboxylic acids is 1. The molecule has 4 rings (SSSR count). The second-order valence-electron chi connectivity index (χ2n) is 6.21. The SMILES string of the molecule is CC(=NNc1nc2ccccc2n1C)c1ccc2c(c1)CCC(=O)N2. The van der Waals surface area contributed by atoms with E-state index in [9.17, 15) is 4.79 Å². The maximum Gasteiger partial charge on any atom is 0.224 e. The van der Waals surface area contributed by atoms with Gasteiger partial charge < -0.3 is 9.88 Å². The number of hydrazone groups is 1. The van der Waals surface area contributed by atoms with Crippen molar-refractivity contribution in [3.63, 3.8) is 0 Å². The first kappa shape index (κ1) is 15.4. The van der Waals surface area contributed by atoms with Crippen molar-refractivity contribution in [1.29, 1.82) is 0 Å². The molecule has 0 unspecified atom stereocenters. The van der Waals surface area contributed by atoms with Crippen molar-refractivity contribution in [2.75, 3.05) is 10.7 Å². The molecule has 0 fully saturated rings. The molecule has 1 aliphatic rings. The summed E-state index contributed by atoms with van der Waals surface area (Å²) in [7, 11) is 1.96. The average molecular weight is 333 g/mol. The number of aryl methyl sites for hydroxylation is 2. The highest BCUT2D eigenvalue weighted by atomic mass is 16.1. The molecule has 2 N–H and O–H groups in total. The van der Waals surface area contributed by atoms with E-state index in [0.717, 1.165) is 40.0 Å². The quantitative estimate of drug-likeness (QED) is 0.571. The Balaban J connectivity index is 1.59. The number of fused-ring (bicyclic) bond motifs is 2. The fraction of sp³-hybridized carbons (Fsp3) is 0.211. The summed E-state index contributed by atoms with van der Waals surface area (Å²) in [4.78, 5) is 16.0. The van der Waals surface area contributed by atoms with E-state index in [1.54, 1.807) is 0 Å². The third-order valence-electron chi connectivity index (χ3n) is 4.53. The van der Waals surface area contributed by atoms with E-state index >= 15 is 0 Å². The number of para-hydroxylation sites is 2. The van der Waals surface area contributed by atoms with Crippen LogP contribution in [0.1, 0.15) is 24.5 Å². The molecule has 0 saturated heterocycles. The lowest BCUT2D eigenvalue weighted by Gasteiger charge is -2.17. The number of benzene rings is 2. The zero-order valence-corrected chi connectivity index (χ0v) is 14.2. The molecule has 0 atom stereocenters. The topological polar surface area (TPSA) is 71.3 Å². The third kappa shape index (κ3) is 2.87. The first-order chi connectivity index (χ1) is 12.1. The van der Waals surface area contributed by atoms with E-state index in [1.807, 2.05) is 54.9 Å². The van der Waals surface area contributed by atoms with E-state index in [2.05, 4.69) is 26.9 Å². The summed E-state index contributed by atoms with van der Waals surface area (Å²) in [5.74, 6) is 0.778. The Bertz CT molecular complexity index is 1000. The number of anilines is 2. The maximum absolute atomic E-state index is 11.5. The van der Waals surface area contributed by atoms with Crippen molar-refractivity contribution in [3.05, 3.63) is 53.6 Å². The third-order valence-corrected chi connectivity index (χ3v) is 4.53. The maximum atomic E-state index is 11.5. The molecule has 0 spiro atoms. The molecule has 126 valence electrons. The number of aromatic nitrogens is 2. The Morgan fingerprint density at radius 1 is 1.24 bits per heavy atom. The molecule has 0 bridgehead atoms.